The summed E-state index contributed by atoms with van der Waals surface area (Å²) in [6, 6.07) is 9.76. The summed E-state index contributed by atoms with van der Waals surface area (Å²) in [5.74, 6) is 0.125. The van der Waals surface area contributed by atoms with Crippen molar-refractivity contribution in [3.05, 3.63) is 35.9 Å². The molecule has 20 heavy (non-hydrogen) atoms. The van der Waals surface area contributed by atoms with E-state index in [4.69, 9.17) is 0 Å². The molecule has 2 rings (SSSR count). The molecule has 1 aliphatic heterocycles. The standard InChI is InChI=1S/C16H24N2O2/c1-16(13-19,14-8-4-2-5-9-14)17-12-15(20)18-10-6-3-7-11-18/h2,4-5,8-9,17,19H,3,6-7,10-13H2,1H3. The summed E-state index contributed by atoms with van der Waals surface area (Å²) in [5, 5.41) is 12.9. The van der Waals surface area contributed by atoms with Crippen molar-refractivity contribution in [2.24, 2.45) is 0 Å². The molecule has 1 aliphatic rings. The van der Waals surface area contributed by atoms with Crippen LogP contribution in [0, 0.1) is 0 Å². The van der Waals surface area contributed by atoms with Crippen LogP contribution < -0.4 is 5.32 Å². The maximum Gasteiger partial charge on any atom is 0.236 e. The van der Waals surface area contributed by atoms with Crippen molar-refractivity contribution < 1.29 is 9.90 Å². The van der Waals surface area contributed by atoms with Gasteiger partial charge in [0.2, 0.25) is 5.91 Å². The minimum Gasteiger partial charge on any atom is -0.394 e. The number of benzene rings is 1. The Morgan fingerprint density at radius 1 is 1.25 bits per heavy atom. The van der Waals surface area contributed by atoms with Crippen LogP contribution in [0.4, 0.5) is 0 Å². The molecule has 0 aromatic heterocycles. The van der Waals surface area contributed by atoms with E-state index < -0.39 is 5.54 Å². The van der Waals surface area contributed by atoms with Crippen LogP contribution in [0.3, 0.4) is 0 Å². The van der Waals surface area contributed by atoms with E-state index in [0.29, 0.717) is 0 Å². The summed E-state index contributed by atoms with van der Waals surface area (Å²) in [4.78, 5) is 14.1. The van der Waals surface area contributed by atoms with E-state index in [0.717, 1.165) is 31.5 Å². The molecule has 1 unspecified atom stereocenters. The fourth-order valence-electron chi connectivity index (χ4n) is 2.58. The van der Waals surface area contributed by atoms with Gasteiger partial charge in [0, 0.05) is 13.1 Å². The third kappa shape index (κ3) is 3.58. The van der Waals surface area contributed by atoms with Gasteiger partial charge in [-0.05, 0) is 31.7 Å². The lowest BCUT2D eigenvalue weighted by molar-refractivity contribution is -0.131. The molecule has 1 saturated heterocycles. The largest absolute Gasteiger partial charge is 0.394 e. The molecule has 2 N–H and O–H groups in total. The lowest BCUT2D eigenvalue weighted by Gasteiger charge is -2.32. The van der Waals surface area contributed by atoms with Crippen LogP contribution in [-0.4, -0.2) is 42.2 Å². The molecule has 110 valence electrons. The molecule has 0 aliphatic carbocycles. The van der Waals surface area contributed by atoms with Crippen molar-refractivity contribution in [2.45, 2.75) is 31.7 Å². The SMILES string of the molecule is CC(CO)(NCC(=O)N1CCCCC1)c1ccccc1. The van der Waals surface area contributed by atoms with E-state index in [1.54, 1.807) is 0 Å². The molecule has 0 saturated carbocycles. The number of amides is 1. The zero-order valence-corrected chi connectivity index (χ0v) is 12.1. The number of hydrogen-bond donors (Lipinski definition) is 2. The highest BCUT2D eigenvalue weighted by molar-refractivity contribution is 5.78. The van der Waals surface area contributed by atoms with E-state index in [-0.39, 0.29) is 19.1 Å². The van der Waals surface area contributed by atoms with Crippen LogP contribution in [0.2, 0.25) is 0 Å². The summed E-state index contributed by atoms with van der Waals surface area (Å²) in [6.07, 6.45) is 3.42. The first kappa shape index (κ1) is 15.0. The first-order valence-corrected chi connectivity index (χ1v) is 7.35. The Balaban J connectivity index is 1.95. The zero-order valence-electron chi connectivity index (χ0n) is 12.1. The van der Waals surface area contributed by atoms with Crippen molar-refractivity contribution in [1.82, 2.24) is 10.2 Å². The summed E-state index contributed by atoms with van der Waals surface area (Å²) in [5.41, 5.74) is 0.418. The lowest BCUT2D eigenvalue weighted by atomic mass is 9.93. The van der Waals surface area contributed by atoms with E-state index >= 15 is 0 Å². The van der Waals surface area contributed by atoms with E-state index in [1.807, 2.05) is 42.2 Å². The van der Waals surface area contributed by atoms with Gasteiger partial charge in [-0.2, -0.15) is 0 Å². The van der Waals surface area contributed by atoms with Crippen molar-refractivity contribution in [3.63, 3.8) is 0 Å². The number of nitrogens with zero attached hydrogens (tertiary/aromatic N) is 1. The number of hydrogen-bond acceptors (Lipinski definition) is 3. The van der Waals surface area contributed by atoms with Crippen LogP contribution in [0.25, 0.3) is 0 Å². The van der Waals surface area contributed by atoms with Crippen molar-refractivity contribution in [2.75, 3.05) is 26.2 Å². The molecule has 1 aromatic rings. The Labute approximate surface area is 120 Å². The van der Waals surface area contributed by atoms with Gasteiger partial charge in [0.05, 0.1) is 18.7 Å². The van der Waals surface area contributed by atoms with Gasteiger partial charge in [-0.1, -0.05) is 30.3 Å². The third-order valence-electron chi connectivity index (χ3n) is 4.07. The number of carbonyl (C=O) groups excluding carboxylic acids is 1. The van der Waals surface area contributed by atoms with Crippen molar-refractivity contribution in [3.8, 4) is 0 Å². The quantitative estimate of drug-likeness (QED) is 0.857. The molecule has 0 spiro atoms. The normalized spacial score (nSPS) is 18.6. The smallest absolute Gasteiger partial charge is 0.236 e. The lowest BCUT2D eigenvalue weighted by Crippen LogP contribution is -2.49. The second-order valence-electron chi connectivity index (χ2n) is 5.65. The molecule has 4 nitrogen and oxygen atoms in total. The van der Waals surface area contributed by atoms with Crippen LogP contribution >= 0.6 is 0 Å². The Bertz CT molecular complexity index is 429. The fourth-order valence-corrected chi connectivity index (χ4v) is 2.58. The van der Waals surface area contributed by atoms with Gasteiger partial charge >= 0.3 is 0 Å². The summed E-state index contributed by atoms with van der Waals surface area (Å²) >= 11 is 0. The number of aliphatic hydroxyl groups is 1. The summed E-state index contributed by atoms with van der Waals surface area (Å²) < 4.78 is 0. The van der Waals surface area contributed by atoms with Crippen LogP contribution in [0.1, 0.15) is 31.7 Å². The molecule has 0 bridgehead atoms. The average molecular weight is 276 g/mol. The van der Waals surface area contributed by atoms with Gasteiger partial charge in [0.15, 0.2) is 0 Å². The molecule has 1 aromatic carbocycles. The van der Waals surface area contributed by atoms with Crippen LogP contribution in [0.15, 0.2) is 30.3 Å². The number of aliphatic hydroxyl groups excluding tert-OH is 1. The Morgan fingerprint density at radius 3 is 2.50 bits per heavy atom. The van der Waals surface area contributed by atoms with Gasteiger partial charge in [-0.15, -0.1) is 0 Å². The minimum atomic E-state index is -0.577. The molecule has 1 fully saturated rings. The molecule has 1 heterocycles. The molecule has 1 atom stereocenters. The number of piperidine rings is 1. The molecule has 1 amide bonds. The molecule has 0 radical (unpaired) electrons. The predicted octanol–water partition coefficient (Wildman–Crippen LogP) is 1.50. The molecular weight excluding hydrogens is 252 g/mol. The number of rotatable bonds is 5. The number of carbonyl (C=O) groups is 1. The second kappa shape index (κ2) is 6.86. The first-order chi connectivity index (χ1) is 9.65. The maximum absolute atomic E-state index is 12.2. The van der Waals surface area contributed by atoms with Crippen LogP contribution in [-0.2, 0) is 10.3 Å². The highest BCUT2D eigenvalue weighted by Gasteiger charge is 2.27. The second-order valence-corrected chi connectivity index (χ2v) is 5.65. The van der Waals surface area contributed by atoms with E-state index in [1.165, 1.54) is 6.42 Å². The van der Waals surface area contributed by atoms with Crippen LogP contribution in [0.5, 0.6) is 0 Å². The van der Waals surface area contributed by atoms with E-state index in [9.17, 15) is 9.90 Å². The number of nitrogens with one attached hydrogen (secondary N) is 1. The summed E-state index contributed by atoms with van der Waals surface area (Å²) in [7, 11) is 0. The van der Waals surface area contributed by atoms with Gasteiger partial charge < -0.3 is 10.0 Å². The van der Waals surface area contributed by atoms with Gasteiger partial charge in [-0.25, -0.2) is 0 Å². The number of likely N-dealkylation sites (tertiary alicyclic amines) is 1. The average Bonchev–Trinajstić information content (AvgIpc) is 2.54. The molecular formula is C16H24N2O2. The van der Waals surface area contributed by atoms with Crippen molar-refractivity contribution >= 4 is 5.91 Å². The third-order valence-corrected chi connectivity index (χ3v) is 4.07. The summed E-state index contributed by atoms with van der Waals surface area (Å²) in [6.45, 7) is 3.88. The highest BCUT2D eigenvalue weighted by atomic mass is 16.3. The zero-order chi connectivity index (χ0) is 14.4. The van der Waals surface area contributed by atoms with E-state index in [2.05, 4.69) is 5.32 Å². The Hall–Kier alpha value is -1.39. The Kier molecular flexibility index (Phi) is 5.15. The van der Waals surface area contributed by atoms with Gasteiger partial charge in [0.25, 0.3) is 0 Å². The fraction of sp³-hybridized carbons (Fsp3) is 0.562. The highest BCUT2D eigenvalue weighted by Crippen LogP contribution is 2.19. The van der Waals surface area contributed by atoms with Gasteiger partial charge in [-0.3, -0.25) is 10.1 Å². The monoisotopic (exact) mass is 276 g/mol. The maximum atomic E-state index is 12.2. The Morgan fingerprint density at radius 2 is 1.90 bits per heavy atom. The minimum absolute atomic E-state index is 0.0374. The first-order valence-electron chi connectivity index (χ1n) is 7.35. The van der Waals surface area contributed by atoms with Crippen molar-refractivity contribution in [1.29, 1.82) is 0 Å². The van der Waals surface area contributed by atoms with Gasteiger partial charge in [0.1, 0.15) is 0 Å². The predicted molar refractivity (Wildman–Crippen MR) is 79.3 cm³/mol. The topological polar surface area (TPSA) is 52.6 Å². The molecule has 4 heteroatoms.